The van der Waals surface area contributed by atoms with Crippen LogP contribution in [0.25, 0.3) is 5.82 Å². The summed E-state index contributed by atoms with van der Waals surface area (Å²) in [4.78, 5) is 29.0. The largest absolute Gasteiger partial charge is 0.456 e. The van der Waals surface area contributed by atoms with E-state index in [2.05, 4.69) is 37.2 Å². The fourth-order valence-electron chi connectivity index (χ4n) is 4.34. The van der Waals surface area contributed by atoms with Crippen molar-refractivity contribution in [2.75, 3.05) is 33.3 Å². The lowest BCUT2D eigenvalue weighted by atomic mass is 9.77. The quantitative estimate of drug-likeness (QED) is 0.445. The summed E-state index contributed by atoms with van der Waals surface area (Å²) < 4.78 is 6.54. The zero-order chi connectivity index (χ0) is 23.6. The van der Waals surface area contributed by atoms with E-state index in [4.69, 9.17) is 4.74 Å². The number of ether oxygens (including phenoxy) is 1. The van der Waals surface area contributed by atoms with Crippen LogP contribution in [-0.2, 0) is 20.7 Å². The molecule has 33 heavy (non-hydrogen) atoms. The number of carbonyl (C=O) groups is 2. The number of aromatic nitrogens is 6. The molecular weight excluding hydrogens is 424 g/mol. The first-order valence-electron chi connectivity index (χ1n) is 10.9. The van der Waals surface area contributed by atoms with Crippen molar-refractivity contribution >= 4 is 11.9 Å². The molecule has 4 rings (SSSR count). The molecule has 4 heterocycles. The van der Waals surface area contributed by atoms with Gasteiger partial charge in [0.15, 0.2) is 5.82 Å². The average Bonchev–Trinajstić information content (AvgIpc) is 3.48. The van der Waals surface area contributed by atoms with Gasteiger partial charge in [-0.25, -0.2) is 4.79 Å². The predicted octanol–water partition coefficient (Wildman–Crippen LogP) is 0.861. The normalized spacial score (nSPS) is 18.3. The zero-order valence-electron chi connectivity index (χ0n) is 19.2. The van der Waals surface area contributed by atoms with Gasteiger partial charge in [-0.1, -0.05) is 6.08 Å². The predicted molar refractivity (Wildman–Crippen MR) is 118 cm³/mol. The van der Waals surface area contributed by atoms with Crippen LogP contribution in [0.4, 0.5) is 0 Å². The monoisotopic (exact) mass is 452 g/mol. The highest BCUT2D eigenvalue weighted by Gasteiger charge is 2.42. The van der Waals surface area contributed by atoms with E-state index in [0.717, 1.165) is 37.3 Å². The molecule has 2 aromatic heterocycles. The molecular formula is C22H28N8O3. The van der Waals surface area contributed by atoms with Gasteiger partial charge < -0.3 is 14.5 Å². The molecule has 0 N–H and O–H groups in total. The second-order valence-electron chi connectivity index (χ2n) is 8.55. The summed E-state index contributed by atoms with van der Waals surface area (Å²) in [6, 6.07) is 1.92. The Labute approximate surface area is 192 Å². The number of tetrazole rings is 1. The van der Waals surface area contributed by atoms with Crippen LogP contribution in [-0.4, -0.2) is 85.4 Å². The standard InChI is InChI=1S/C22H28N8O3/c1-5-22(21(32)28(4)18-13-33-20(31)16(18)3)7-10-29(11-8-22)9-6-17-15(2)12-19(25-24-17)30-14-23-26-27-30/h5,12,14H,1,6-11,13H2,2-4H3. The molecule has 0 bridgehead atoms. The van der Waals surface area contributed by atoms with Gasteiger partial charge in [0.1, 0.15) is 12.9 Å². The summed E-state index contributed by atoms with van der Waals surface area (Å²) in [6.07, 6.45) is 5.35. The van der Waals surface area contributed by atoms with Gasteiger partial charge in [-0.3, -0.25) is 4.79 Å². The Balaban J connectivity index is 1.35. The van der Waals surface area contributed by atoms with Crippen LogP contribution in [0, 0.1) is 12.3 Å². The minimum atomic E-state index is -0.645. The molecule has 1 saturated heterocycles. The van der Waals surface area contributed by atoms with Crippen molar-refractivity contribution in [3.63, 3.8) is 0 Å². The Hall–Kier alpha value is -3.47. The van der Waals surface area contributed by atoms with E-state index >= 15 is 0 Å². The van der Waals surface area contributed by atoms with Gasteiger partial charge in [0.2, 0.25) is 5.91 Å². The van der Waals surface area contributed by atoms with Gasteiger partial charge in [0, 0.05) is 20.0 Å². The van der Waals surface area contributed by atoms with E-state index in [9.17, 15) is 9.59 Å². The first kappa shape index (κ1) is 22.7. The number of aryl methyl sites for hydroxylation is 1. The molecule has 0 aromatic carbocycles. The van der Waals surface area contributed by atoms with Crippen LogP contribution in [0.1, 0.15) is 31.0 Å². The molecule has 174 valence electrons. The minimum Gasteiger partial charge on any atom is -0.456 e. The minimum absolute atomic E-state index is 0.0373. The highest BCUT2D eigenvalue weighted by atomic mass is 16.5. The maximum Gasteiger partial charge on any atom is 0.336 e. The van der Waals surface area contributed by atoms with Crippen molar-refractivity contribution in [3.8, 4) is 5.82 Å². The molecule has 1 fully saturated rings. The van der Waals surface area contributed by atoms with Crippen LogP contribution in [0.15, 0.2) is 36.3 Å². The number of cyclic esters (lactones) is 1. The third kappa shape index (κ3) is 4.40. The zero-order valence-corrected chi connectivity index (χ0v) is 19.2. The summed E-state index contributed by atoms with van der Waals surface area (Å²) in [6.45, 7) is 10.2. The molecule has 0 spiro atoms. The van der Waals surface area contributed by atoms with Gasteiger partial charge in [0.05, 0.1) is 22.4 Å². The lowest BCUT2D eigenvalue weighted by molar-refractivity contribution is -0.140. The maximum atomic E-state index is 13.4. The molecule has 2 aromatic rings. The van der Waals surface area contributed by atoms with E-state index < -0.39 is 5.41 Å². The van der Waals surface area contributed by atoms with Crippen molar-refractivity contribution in [2.45, 2.75) is 33.1 Å². The van der Waals surface area contributed by atoms with E-state index in [0.29, 0.717) is 29.9 Å². The van der Waals surface area contributed by atoms with Gasteiger partial charge in [0.25, 0.3) is 0 Å². The van der Waals surface area contributed by atoms with Crippen LogP contribution < -0.4 is 0 Å². The first-order valence-corrected chi connectivity index (χ1v) is 10.9. The van der Waals surface area contributed by atoms with Crippen LogP contribution in [0.5, 0.6) is 0 Å². The number of hydrogen-bond acceptors (Lipinski definition) is 9. The van der Waals surface area contributed by atoms with E-state index in [1.54, 1.807) is 24.9 Å². The Morgan fingerprint density at radius 1 is 1.30 bits per heavy atom. The Morgan fingerprint density at radius 2 is 2.06 bits per heavy atom. The molecule has 1 amide bonds. The number of piperidine rings is 1. The number of carbonyl (C=O) groups excluding carboxylic acids is 2. The third-order valence-electron chi connectivity index (χ3n) is 6.68. The van der Waals surface area contributed by atoms with Crippen LogP contribution in [0.2, 0.25) is 0 Å². The maximum absolute atomic E-state index is 13.4. The summed E-state index contributed by atoms with van der Waals surface area (Å²) in [7, 11) is 1.71. The topological polar surface area (TPSA) is 119 Å². The molecule has 2 aliphatic heterocycles. The lowest BCUT2D eigenvalue weighted by Gasteiger charge is -2.40. The Kier molecular flexibility index (Phi) is 6.32. The highest BCUT2D eigenvalue weighted by molar-refractivity contribution is 5.93. The van der Waals surface area contributed by atoms with Crippen LogP contribution in [0.3, 0.4) is 0 Å². The fraction of sp³-hybridized carbons (Fsp3) is 0.500. The smallest absolute Gasteiger partial charge is 0.336 e. The first-order chi connectivity index (χ1) is 15.8. The molecule has 11 heteroatoms. The third-order valence-corrected chi connectivity index (χ3v) is 6.68. The highest BCUT2D eigenvalue weighted by Crippen LogP contribution is 2.36. The summed E-state index contributed by atoms with van der Waals surface area (Å²) in [5, 5.41) is 19.7. The second-order valence-corrected chi connectivity index (χ2v) is 8.55. The molecule has 0 atom stereocenters. The van der Waals surface area contributed by atoms with E-state index in [1.807, 2.05) is 13.0 Å². The molecule has 0 unspecified atom stereocenters. The second kappa shape index (κ2) is 9.18. The lowest BCUT2D eigenvalue weighted by Crippen LogP contribution is -2.48. The SMILES string of the molecule is C=CC1(C(=O)N(C)C2=C(C)C(=O)OC2)CCN(CCc2nnc(-n3cnnn3)cc2C)CC1. The van der Waals surface area contributed by atoms with Gasteiger partial charge in [-0.15, -0.1) is 16.8 Å². The van der Waals surface area contributed by atoms with Crippen molar-refractivity contribution in [2.24, 2.45) is 5.41 Å². The van der Waals surface area contributed by atoms with Crippen molar-refractivity contribution in [1.82, 2.24) is 40.2 Å². The number of rotatable bonds is 7. The van der Waals surface area contributed by atoms with E-state index in [1.165, 1.54) is 11.0 Å². The summed E-state index contributed by atoms with van der Waals surface area (Å²) in [5.74, 6) is 0.179. The number of hydrogen-bond donors (Lipinski definition) is 0. The summed E-state index contributed by atoms with van der Waals surface area (Å²) in [5.41, 5.74) is 2.43. The number of esters is 1. The Bertz CT molecular complexity index is 1090. The van der Waals surface area contributed by atoms with Crippen molar-refractivity contribution < 1.29 is 14.3 Å². The van der Waals surface area contributed by atoms with Crippen LogP contribution >= 0.6 is 0 Å². The number of likely N-dealkylation sites (N-methyl/N-ethyl adjacent to an activating group) is 1. The van der Waals surface area contributed by atoms with E-state index in [-0.39, 0.29) is 18.5 Å². The molecule has 0 radical (unpaired) electrons. The molecule has 0 aliphatic carbocycles. The van der Waals surface area contributed by atoms with Gasteiger partial charge in [-0.2, -0.15) is 9.78 Å². The van der Waals surface area contributed by atoms with Gasteiger partial charge in [-0.05, 0) is 61.8 Å². The van der Waals surface area contributed by atoms with Crippen molar-refractivity contribution in [3.05, 3.63) is 47.6 Å². The molecule has 2 aliphatic rings. The number of amides is 1. The summed E-state index contributed by atoms with van der Waals surface area (Å²) >= 11 is 0. The number of nitrogens with zero attached hydrogens (tertiary/aromatic N) is 8. The molecule has 11 nitrogen and oxygen atoms in total. The average molecular weight is 453 g/mol. The fourth-order valence-corrected chi connectivity index (χ4v) is 4.34. The Morgan fingerprint density at radius 3 is 2.64 bits per heavy atom. The van der Waals surface area contributed by atoms with Gasteiger partial charge >= 0.3 is 5.97 Å². The number of likely N-dealkylation sites (tertiary alicyclic amines) is 1. The van der Waals surface area contributed by atoms with Crippen molar-refractivity contribution in [1.29, 1.82) is 0 Å². The molecule has 0 saturated carbocycles.